The van der Waals surface area contributed by atoms with Crippen molar-refractivity contribution in [3.63, 3.8) is 0 Å². The van der Waals surface area contributed by atoms with E-state index in [1.165, 1.54) is 9.78 Å². The van der Waals surface area contributed by atoms with Gasteiger partial charge in [-0.3, -0.25) is 28.6 Å². The Morgan fingerprint density at radius 2 is 1.67 bits per heavy atom. The van der Waals surface area contributed by atoms with Gasteiger partial charge in [0.2, 0.25) is 23.6 Å². The number of benzene rings is 2. The molecule has 2 aliphatic heterocycles. The Morgan fingerprint density at radius 1 is 0.917 bits per heavy atom. The van der Waals surface area contributed by atoms with E-state index in [0.717, 1.165) is 66.1 Å². The van der Waals surface area contributed by atoms with Crippen LogP contribution in [0.15, 0.2) is 89.8 Å². The number of β-amino-alcohol motifs (C(OH)–C–C–N with tert-alkyl or cyclic N) is 1. The summed E-state index contributed by atoms with van der Waals surface area (Å²) in [7, 11) is 0. The summed E-state index contributed by atoms with van der Waals surface area (Å²) < 4.78 is 10.00. The SMILES string of the molecule is Cc1ncsc1-c1ccc([C@H](C)NC(=O)[C@@H]2C[C@@H](O)CN2C(=O)C(C(C)C)n2cc(-c3ccnc(O[C@H]4C[C@H](NC(=O)C[C@@H]5N=C(c6ccc(Cl)cc6)c6c(sc(C)c6C)-n6c(C)nnc65)C4)c3)cn2)cc1. The van der Waals surface area contributed by atoms with Gasteiger partial charge in [0.15, 0.2) is 5.82 Å². The van der Waals surface area contributed by atoms with Gasteiger partial charge in [0, 0.05) is 76.9 Å². The average molecular weight is 1030 g/mol. The van der Waals surface area contributed by atoms with Crippen molar-refractivity contribution in [3.8, 4) is 32.4 Å². The molecule has 3 N–H and O–H groups in total. The van der Waals surface area contributed by atoms with E-state index in [2.05, 4.69) is 49.7 Å². The van der Waals surface area contributed by atoms with Crippen LogP contribution in [0.2, 0.25) is 5.02 Å². The standard InChI is InChI=1S/C53H56ClN11O5S2/c1-27(2)48(52(69)63-25-40(66)21-43(63)51(68)58-29(4)33-8-10-35(11-9-33)49-30(5)56-26-71-49)64-24-37(23-57-64)36-16-17-55-45(18-36)70-41-19-39(20-41)59-44(67)22-42-50-62-61-32(7)65(50)53-46(28(3)31(6)72-53)47(60-42)34-12-14-38(54)15-13-34/h8-18,23-24,26-27,29,39-43,48,66H,19-22,25H2,1-7H3,(H,58,68)(H,59,67)/t29-,39-,40+,41-,42-,43-,48?/m0/s1. The Labute approximate surface area is 430 Å². The molecule has 16 nitrogen and oxygen atoms in total. The zero-order chi connectivity index (χ0) is 50.5. The van der Waals surface area contributed by atoms with Crippen LogP contribution in [0, 0.1) is 33.6 Å². The number of carbonyl (C=O) groups excluding carboxylic acids is 3. The van der Waals surface area contributed by atoms with E-state index in [9.17, 15) is 19.5 Å². The maximum atomic E-state index is 14.4. The summed E-state index contributed by atoms with van der Waals surface area (Å²) in [6.45, 7) is 13.9. The first-order valence-corrected chi connectivity index (χ1v) is 26.3. The number of pyridine rings is 1. The number of thiophene rings is 1. The number of halogens is 1. The number of aliphatic hydroxyl groups is 1. The molecule has 2 aromatic carbocycles. The quantitative estimate of drug-likeness (QED) is 0.0949. The molecule has 10 rings (SSSR count). The number of aryl methyl sites for hydroxylation is 3. The number of amides is 3. The minimum atomic E-state index is -0.842. The third-order valence-corrected chi connectivity index (χ3v) is 16.4. The molecule has 5 aromatic heterocycles. The van der Waals surface area contributed by atoms with Gasteiger partial charge in [-0.25, -0.2) is 9.97 Å². The van der Waals surface area contributed by atoms with Crippen molar-refractivity contribution in [3.05, 3.63) is 134 Å². The zero-order valence-electron chi connectivity index (χ0n) is 41.0. The molecule has 0 spiro atoms. The van der Waals surface area contributed by atoms with Crippen LogP contribution in [0.3, 0.4) is 0 Å². The first kappa shape index (κ1) is 49.0. The summed E-state index contributed by atoms with van der Waals surface area (Å²) >= 11 is 9.54. The van der Waals surface area contributed by atoms with Crippen molar-refractivity contribution >= 4 is 57.7 Å². The van der Waals surface area contributed by atoms with Crippen LogP contribution in [0.4, 0.5) is 0 Å². The molecular formula is C53H56ClN11O5S2. The molecule has 3 amide bonds. The van der Waals surface area contributed by atoms with Gasteiger partial charge >= 0.3 is 0 Å². The second-order valence-corrected chi connectivity index (χ2v) is 21.9. The molecular weight excluding hydrogens is 970 g/mol. The fraction of sp³-hybridized carbons (Fsp3) is 0.377. The van der Waals surface area contributed by atoms with Gasteiger partial charge in [-0.15, -0.1) is 32.9 Å². The zero-order valence-corrected chi connectivity index (χ0v) is 43.4. The van der Waals surface area contributed by atoms with E-state index in [1.807, 2.05) is 112 Å². The molecule has 0 bridgehead atoms. The van der Waals surface area contributed by atoms with E-state index in [4.69, 9.17) is 21.3 Å². The van der Waals surface area contributed by atoms with Crippen LogP contribution in [0.5, 0.6) is 5.88 Å². The first-order chi connectivity index (χ1) is 34.6. The van der Waals surface area contributed by atoms with Crippen molar-refractivity contribution in [2.75, 3.05) is 6.54 Å². The minimum absolute atomic E-state index is 0.0447. The highest BCUT2D eigenvalue weighted by Crippen LogP contribution is 2.40. The number of carbonyl (C=O) groups is 3. The molecule has 1 unspecified atom stereocenters. The molecule has 7 heterocycles. The van der Waals surface area contributed by atoms with E-state index in [-0.39, 0.29) is 61.2 Å². The van der Waals surface area contributed by atoms with Gasteiger partial charge in [0.25, 0.3) is 0 Å². The van der Waals surface area contributed by atoms with E-state index in [1.54, 1.807) is 39.7 Å². The van der Waals surface area contributed by atoms with Crippen LogP contribution < -0.4 is 15.4 Å². The fourth-order valence-electron chi connectivity index (χ4n) is 9.91. The molecule has 1 aliphatic carbocycles. The molecule has 19 heteroatoms. The first-order valence-electron chi connectivity index (χ1n) is 24.2. The average Bonchev–Trinajstić information content (AvgIpc) is 4.19. The van der Waals surface area contributed by atoms with Gasteiger partial charge < -0.3 is 25.4 Å². The van der Waals surface area contributed by atoms with Crippen molar-refractivity contribution in [1.29, 1.82) is 0 Å². The fourth-order valence-corrected chi connectivity index (χ4v) is 12.1. The van der Waals surface area contributed by atoms with Crippen molar-refractivity contribution < 1.29 is 24.2 Å². The Hall–Kier alpha value is -6.60. The van der Waals surface area contributed by atoms with Crippen LogP contribution in [0.1, 0.15) is 109 Å². The van der Waals surface area contributed by atoms with Gasteiger partial charge in [-0.1, -0.05) is 61.8 Å². The summed E-state index contributed by atoms with van der Waals surface area (Å²) in [6.07, 6.45) is 5.63. The monoisotopic (exact) mass is 1030 g/mol. The summed E-state index contributed by atoms with van der Waals surface area (Å²) in [5.74, 6) is 0.851. The lowest BCUT2D eigenvalue weighted by molar-refractivity contribution is -0.142. The van der Waals surface area contributed by atoms with E-state index in [0.29, 0.717) is 29.6 Å². The smallest absolute Gasteiger partial charge is 0.248 e. The molecule has 5 atom stereocenters. The summed E-state index contributed by atoms with van der Waals surface area (Å²) in [6, 6.07) is 16.8. The van der Waals surface area contributed by atoms with Gasteiger partial charge in [0.1, 0.15) is 35.1 Å². The number of aromatic nitrogens is 7. The summed E-state index contributed by atoms with van der Waals surface area (Å²) in [5.41, 5.74) is 10.2. The highest BCUT2D eigenvalue weighted by molar-refractivity contribution is 7.15. The van der Waals surface area contributed by atoms with Crippen molar-refractivity contribution in [2.45, 2.75) is 117 Å². The topological polar surface area (TPSA) is 195 Å². The molecule has 3 aliphatic rings. The van der Waals surface area contributed by atoms with Gasteiger partial charge in [-0.05, 0) is 81.0 Å². The van der Waals surface area contributed by atoms with Crippen LogP contribution >= 0.6 is 34.3 Å². The Balaban J connectivity index is 0.762. The van der Waals surface area contributed by atoms with Gasteiger partial charge in [-0.2, -0.15) is 5.10 Å². The number of likely N-dealkylation sites (tertiary alicyclic amines) is 1. The molecule has 0 radical (unpaired) electrons. The van der Waals surface area contributed by atoms with Crippen molar-refractivity contribution in [2.24, 2.45) is 10.9 Å². The lowest BCUT2D eigenvalue weighted by Gasteiger charge is -2.35. The lowest BCUT2D eigenvalue weighted by atomic mass is 9.89. The molecule has 72 heavy (non-hydrogen) atoms. The van der Waals surface area contributed by atoms with Gasteiger partial charge in [0.05, 0.1) is 46.6 Å². The number of hydrogen-bond acceptors (Lipinski definition) is 13. The number of rotatable bonds is 14. The number of nitrogens with zero attached hydrogens (tertiary/aromatic N) is 9. The minimum Gasteiger partial charge on any atom is -0.474 e. The largest absolute Gasteiger partial charge is 0.474 e. The number of nitrogens with one attached hydrogen (secondary N) is 2. The number of hydrogen-bond donors (Lipinski definition) is 3. The number of fused-ring (bicyclic) bond motifs is 3. The van der Waals surface area contributed by atoms with Crippen LogP contribution in [-0.2, 0) is 14.4 Å². The predicted molar refractivity (Wildman–Crippen MR) is 278 cm³/mol. The Kier molecular flexibility index (Phi) is 13.7. The highest BCUT2D eigenvalue weighted by atomic mass is 35.5. The number of ether oxygens (including phenoxy) is 1. The maximum Gasteiger partial charge on any atom is 0.248 e. The van der Waals surface area contributed by atoms with Crippen LogP contribution in [-0.4, -0.2) is 98.8 Å². The Morgan fingerprint density at radius 3 is 2.39 bits per heavy atom. The summed E-state index contributed by atoms with van der Waals surface area (Å²) in [5, 5.41) is 32.3. The second-order valence-electron chi connectivity index (χ2n) is 19.4. The normalized spacial score (nSPS) is 20.2. The van der Waals surface area contributed by atoms with Crippen molar-refractivity contribution in [1.82, 2.24) is 50.0 Å². The molecule has 372 valence electrons. The Bertz CT molecular complexity index is 3190. The lowest BCUT2D eigenvalue weighted by Crippen LogP contribution is -2.49. The predicted octanol–water partition coefficient (Wildman–Crippen LogP) is 8.64. The summed E-state index contributed by atoms with van der Waals surface area (Å²) in [4.78, 5) is 59.9. The molecule has 7 aromatic rings. The number of aliphatic imine (C=N–C) groups is 1. The highest BCUT2D eigenvalue weighted by Gasteiger charge is 2.43. The molecule has 1 saturated heterocycles. The maximum absolute atomic E-state index is 14.4. The molecule has 1 saturated carbocycles. The van der Waals surface area contributed by atoms with E-state index >= 15 is 0 Å². The number of thiazole rings is 1. The van der Waals surface area contributed by atoms with E-state index < -0.39 is 24.2 Å². The second kappa shape index (κ2) is 20.1. The van der Waals surface area contributed by atoms with Crippen LogP contribution in [0.25, 0.3) is 26.6 Å². The third kappa shape index (κ3) is 9.72. The molecule has 2 fully saturated rings. The third-order valence-electron chi connectivity index (χ3n) is 14.0. The number of aliphatic hydroxyl groups excluding tert-OH is 1.